The zero-order valence-corrected chi connectivity index (χ0v) is 8.71. The molecule has 0 unspecified atom stereocenters. The number of ketones is 2. The molecule has 0 spiro atoms. The van der Waals surface area contributed by atoms with Gasteiger partial charge in [-0.25, -0.2) is 4.98 Å². The molecule has 0 aliphatic carbocycles. The van der Waals surface area contributed by atoms with Crippen molar-refractivity contribution in [3.05, 3.63) is 42.4 Å². The quantitative estimate of drug-likeness (QED) is 0.575. The second-order valence-electron chi connectivity index (χ2n) is 3.46. The van der Waals surface area contributed by atoms with Crippen LogP contribution in [0.4, 0.5) is 0 Å². The fourth-order valence-electron chi connectivity index (χ4n) is 1.32. The van der Waals surface area contributed by atoms with Gasteiger partial charge in [-0.15, -0.1) is 0 Å². The molecule has 5 heteroatoms. The Hall–Kier alpha value is -2.17. The Morgan fingerprint density at radius 2 is 2.25 bits per heavy atom. The van der Waals surface area contributed by atoms with E-state index in [1.807, 2.05) is 0 Å². The minimum Gasteiger partial charge on any atom is -0.472 e. The molecular formula is C11H10N2O3. The number of carbonyl (C=O) groups excluding carboxylic acids is 2. The number of imidazole rings is 1. The molecule has 2 aromatic heterocycles. The van der Waals surface area contributed by atoms with Gasteiger partial charge in [-0.05, 0) is 6.07 Å². The van der Waals surface area contributed by atoms with Gasteiger partial charge < -0.3 is 8.98 Å². The predicted molar refractivity (Wildman–Crippen MR) is 55.2 cm³/mol. The first-order valence-electron chi connectivity index (χ1n) is 4.73. The summed E-state index contributed by atoms with van der Waals surface area (Å²) in [5.74, 6) is -0.545. The lowest BCUT2D eigenvalue weighted by Gasteiger charge is -1.94. The van der Waals surface area contributed by atoms with Gasteiger partial charge in [-0.3, -0.25) is 9.59 Å². The predicted octanol–water partition coefficient (Wildman–Crippen LogP) is 1.47. The Balaban J connectivity index is 2.06. The highest BCUT2D eigenvalue weighted by Crippen LogP contribution is 2.07. The van der Waals surface area contributed by atoms with Crippen molar-refractivity contribution in [1.82, 2.24) is 9.55 Å². The lowest BCUT2D eigenvalue weighted by molar-refractivity contribution is 0.0891. The molecule has 0 aliphatic rings. The molecule has 16 heavy (non-hydrogen) atoms. The van der Waals surface area contributed by atoms with Crippen molar-refractivity contribution in [3.8, 4) is 0 Å². The molecule has 0 saturated carbocycles. The number of nitrogens with zero attached hydrogens (tertiary/aromatic N) is 2. The van der Waals surface area contributed by atoms with Crippen molar-refractivity contribution in [2.45, 2.75) is 6.42 Å². The number of aryl methyl sites for hydroxylation is 1. The summed E-state index contributed by atoms with van der Waals surface area (Å²) in [4.78, 5) is 27.1. The van der Waals surface area contributed by atoms with E-state index in [9.17, 15) is 9.59 Å². The van der Waals surface area contributed by atoms with Crippen molar-refractivity contribution in [3.63, 3.8) is 0 Å². The molecule has 0 aliphatic heterocycles. The van der Waals surface area contributed by atoms with Crippen LogP contribution in [0.1, 0.15) is 27.3 Å². The highest BCUT2D eigenvalue weighted by atomic mass is 16.3. The van der Waals surface area contributed by atoms with Gasteiger partial charge in [0.2, 0.25) is 0 Å². The molecular weight excluding hydrogens is 208 g/mol. The summed E-state index contributed by atoms with van der Waals surface area (Å²) in [7, 11) is 1.77. The summed E-state index contributed by atoms with van der Waals surface area (Å²) in [6, 6.07) is 1.54. The van der Waals surface area contributed by atoms with Gasteiger partial charge in [-0.1, -0.05) is 0 Å². The Labute approximate surface area is 91.7 Å². The van der Waals surface area contributed by atoms with Crippen molar-refractivity contribution in [1.29, 1.82) is 0 Å². The molecule has 82 valence electrons. The lowest BCUT2D eigenvalue weighted by Crippen LogP contribution is -2.08. The van der Waals surface area contributed by atoms with Crippen LogP contribution in [0.25, 0.3) is 0 Å². The van der Waals surface area contributed by atoms with Gasteiger partial charge in [-0.2, -0.15) is 0 Å². The molecule has 0 bridgehead atoms. The van der Waals surface area contributed by atoms with E-state index in [0.29, 0.717) is 11.3 Å². The number of aromatic nitrogens is 2. The van der Waals surface area contributed by atoms with Crippen molar-refractivity contribution >= 4 is 11.6 Å². The number of carbonyl (C=O) groups is 2. The molecule has 2 aromatic rings. The highest BCUT2D eigenvalue weighted by Gasteiger charge is 2.16. The Kier molecular flexibility index (Phi) is 2.68. The monoisotopic (exact) mass is 218 g/mol. The molecule has 0 aromatic carbocycles. The van der Waals surface area contributed by atoms with Gasteiger partial charge in [0.1, 0.15) is 12.0 Å². The lowest BCUT2D eigenvalue weighted by atomic mass is 10.1. The molecule has 5 nitrogen and oxygen atoms in total. The summed E-state index contributed by atoms with van der Waals surface area (Å²) in [5.41, 5.74) is 0.712. The third kappa shape index (κ3) is 2.08. The van der Waals surface area contributed by atoms with Crippen LogP contribution in [0, 0.1) is 0 Å². The fourth-order valence-corrected chi connectivity index (χ4v) is 1.32. The second kappa shape index (κ2) is 4.14. The van der Waals surface area contributed by atoms with Crippen LogP contribution in [-0.2, 0) is 7.05 Å². The molecule has 2 heterocycles. The SMILES string of the molecule is Cn1cnc(C(=O)CC(=O)c2ccoc2)c1. The number of hydrogen-bond acceptors (Lipinski definition) is 4. The maximum atomic E-state index is 11.6. The average molecular weight is 218 g/mol. The number of rotatable bonds is 4. The summed E-state index contributed by atoms with van der Waals surface area (Å²) in [6.45, 7) is 0. The minimum atomic E-state index is -0.285. The Morgan fingerprint density at radius 1 is 1.44 bits per heavy atom. The maximum Gasteiger partial charge on any atom is 0.190 e. The van der Waals surface area contributed by atoms with Gasteiger partial charge in [0.25, 0.3) is 0 Å². The van der Waals surface area contributed by atoms with Gasteiger partial charge in [0, 0.05) is 13.2 Å². The highest BCUT2D eigenvalue weighted by molar-refractivity contribution is 6.12. The first kappa shape index (κ1) is 10.4. The second-order valence-corrected chi connectivity index (χ2v) is 3.46. The molecule has 0 radical (unpaired) electrons. The van der Waals surface area contributed by atoms with Crippen LogP contribution in [-0.4, -0.2) is 21.1 Å². The van der Waals surface area contributed by atoms with Crippen LogP contribution < -0.4 is 0 Å². The van der Waals surface area contributed by atoms with Crippen molar-refractivity contribution in [2.24, 2.45) is 7.05 Å². The molecule has 0 N–H and O–H groups in total. The summed E-state index contributed by atoms with van der Waals surface area (Å²) in [5, 5.41) is 0. The van der Waals surface area contributed by atoms with Crippen LogP contribution in [0.15, 0.2) is 35.5 Å². The van der Waals surface area contributed by atoms with Crippen molar-refractivity contribution < 1.29 is 14.0 Å². The maximum absolute atomic E-state index is 11.6. The molecule has 2 rings (SSSR count). The van der Waals surface area contributed by atoms with Crippen LogP contribution in [0.3, 0.4) is 0 Å². The van der Waals surface area contributed by atoms with Gasteiger partial charge in [0.15, 0.2) is 11.6 Å². The first-order chi connectivity index (χ1) is 7.66. The van der Waals surface area contributed by atoms with E-state index in [1.165, 1.54) is 24.9 Å². The topological polar surface area (TPSA) is 65.1 Å². The molecule has 0 atom stereocenters. The van der Waals surface area contributed by atoms with Gasteiger partial charge >= 0.3 is 0 Å². The standard InChI is InChI=1S/C11H10N2O3/c1-13-5-9(12-7-13)11(15)4-10(14)8-2-3-16-6-8/h2-3,5-7H,4H2,1H3. The van der Waals surface area contributed by atoms with E-state index < -0.39 is 0 Å². The summed E-state index contributed by atoms with van der Waals surface area (Å²) in [6.07, 6.45) is 5.66. The number of hydrogen-bond donors (Lipinski definition) is 0. The first-order valence-corrected chi connectivity index (χ1v) is 4.73. The van der Waals surface area contributed by atoms with Crippen LogP contribution >= 0.6 is 0 Å². The van der Waals surface area contributed by atoms with Crippen molar-refractivity contribution in [2.75, 3.05) is 0 Å². The van der Waals surface area contributed by atoms with E-state index in [0.717, 1.165) is 0 Å². The smallest absolute Gasteiger partial charge is 0.190 e. The van der Waals surface area contributed by atoms with Crippen LogP contribution in [0.2, 0.25) is 0 Å². The molecule has 0 amide bonds. The van der Waals surface area contributed by atoms with Gasteiger partial charge in [0.05, 0.1) is 24.6 Å². The van der Waals surface area contributed by atoms with E-state index in [-0.39, 0.29) is 18.0 Å². The molecule has 0 saturated heterocycles. The normalized spacial score (nSPS) is 10.3. The molecule has 0 fully saturated rings. The van der Waals surface area contributed by atoms with E-state index in [4.69, 9.17) is 4.42 Å². The minimum absolute atomic E-state index is 0.184. The largest absolute Gasteiger partial charge is 0.472 e. The average Bonchev–Trinajstić information content (AvgIpc) is 2.87. The van der Waals surface area contributed by atoms with E-state index in [2.05, 4.69) is 4.98 Å². The number of Topliss-reactive ketones (excluding diaryl/α,β-unsaturated/α-hetero) is 2. The van der Waals surface area contributed by atoms with E-state index >= 15 is 0 Å². The third-order valence-electron chi connectivity index (χ3n) is 2.15. The summed E-state index contributed by atoms with van der Waals surface area (Å²) < 4.78 is 6.44. The Bertz CT molecular complexity index is 511. The zero-order valence-electron chi connectivity index (χ0n) is 8.71. The van der Waals surface area contributed by atoms with Crippen LogP contribution in [0.5, 0.6) is 0 Å². The zero-order chi connectivity index (χ0) is 11.5. The Morgan fingerprint density at radius 3 is 2.81 bits per heavy atom. The van der Waals surface area contributed by atoms with E-state index in [1.54, 1.807) is 17.8 Å². The fraction of sp³-hybridized carbons (Fsp3) is 0.182. The third-order valence-corrected chi connectivity index (χ3v) is 2.15. The summed E-state index contributed by atoms with van der Waals surface area (Å²) >= 11 is 0. The number of furan rings is 1.